The number of carbonyl (C=O) groups excluding carboxylic acids is 1. The summed E-state index contributed by atoms with van der Waals surface area (Å²) in [6, 6.07) is 11.7. The van der Waals surface area contributed by atoms with E-state index in [1.165, 1.54) is 31.4 Å². The number of benzene rings is 2. The third-order valence-corrected chi connectivity index (χ3v) is 9.61. The van der Waals surface area contributed by atoms with Gasteiger partial charge in [0.1, 0.15) is 23.1 Å². The van der Waals surface area contributed by atoms with Gasteiger partial charge in [0.25, 0.3) is 5.91 Å². The molecule has 1 atom stereocenters. The fraction of sp³-hybridized carbons (Fsp3) is 0.531. The number of aromatic nitrogens is 3. The number of halogens is 1. The van der Waals surface area contributed by atoms with Gasteiger partial charge in [0.15, 0.2) is 0 Å². The monoisotopic (exact) mass is 695 g/mol. The van der Waals surface area contributed by atoms with Crippen LogP contribution in [0.5, 0.6) is 11.5 Å². The van der Waals surface area contributed by atoms with Gasteiger partial charge in [-0.2, -0.15) is 8.19 Å². The molecular formula is C32H46FN5O7S2. The molecule has 0 aliphatic heterocycles. The lowest BCUT2D eigenvalue weighted by Crippen LogP contribution is -2.51. The predicted octanol–water partition coefficient (Wildman–Crippen LogP) is 5.21. The highest BCUT2D eigenvalue weighted by atomic mass is 32.2. The lowest BCUT2D eigenvalue weighted by Gasteiger charge is -2.32. The van der Waals surface area contributed by atoms with Gasteiger partial charge in [-0.15, -0.1) is 5.10 Å². The van der Waals surface area contributed by atoms with Crippen LogP contribution in [0.15, 0.2) is 59.6 Å². The van der Waals surface area contributed by atoms with Crippen LogP contribution in [0, 0.1) is 5.92 Å². The van der Waals surface area contributed by atoms with Gasteiger partial charge in [-0.25, -0.2) is 13.9 Å². The second-order valence-corrected chi connectivity index (χ2v) is 15.2. The molecule has 260 valence electrons. The largest absolute Gasteiger partial charge is 0.497 e. The Morgan fingerprint density at radius 2 is 1.70 bits per heavy atom. The molecule has 12 nitrogen and oxygen atoms in total. The number of nitrogens with zero attached hydrogens (tertiary/aromatic N) is 4. The van der Waals surface area contributed by atoms with E-state index in [4.69, 9.17) is 14.2 Å². The SMILES string of the molecule is COc1ccc(S(=O)(=O)N(Cc2ccc(OC(C)(C)CCOC(C)(C)Cc3cn(CCSF)nn3)cc2)[C@@H](C(=O)NO)C(C)C)cc1. The summed E-state index contributed by atoms with van der Waals surface area (Å²) in [5, 5.41) is 17.6. The van der Waals surface area contributed by atoms with Gasteiger partial charge in [-0.3, -0.25) is 14.7 Å². The third kappa shape index (κ3) is 11.2. The summed E-state index contributed by atoms with van der Waals surface area (Å²) in [6.07, 6.45) is 2.93. The first-order chi connectivity index (χ1) is 22.1. The summed E-state index contributed by atoms with van der Waals surface area (Å²) in [5.41, 5.74) is 1.91. The molecule has 0 aliphatic carbocycles. The molecule has 3 aromatic rings. The van der Waals surface area contributed by atoms with Crippen molar-refractivity contribution in [2.75, 3.05) is 19.5 Å². The average molecular weight is 696 g/mol. The molecule has 3 rings (SSSR count). The van der Waals surface area contributed by atoms with Gasteiger partial charge >= 0.3 is 0 Å². The highest BCUT2D eigenvalue weighted by Crippen LogP contribution is 2.28. The Balaban J connectivity index is 1.67. The smallest absolute Gasteiger partial charge is 0.262 e. The molecule has 2 aromatic carbocycles. The molecule has 0 radical (unpaired) electrons. The maximum absolute atomic E-state index is 13.8. The van der Waals surface area contributed by atoms with E-state index in [1.54, 1.807) is 54.5 Å². The van der Waals surface area contributed by atoms with Crippen LogP contribution < -0.4 is 15.0 Å². The van der Waals surface area contributed by atoms with E-state index in [0.717, 1.165) is 10.00 Å². The molecule has 0 spiro atoms. The number of ether oxygens (including phenoxy) is 3. The molecule has 0 bridgehead atoms. The molecule has 1 aromatic heterocycles. The highest BCUT2D eigenvalue weighted by molar-refractivity contribution is 7.94. The van der Waals surface area contributed by atoms with Crippen LogP contribution in [0.2, 0.25) is 0 Å². The van der Waals surface area contributed by atoms with E-state index in [1.807, 2.05) is 27.7 Å². The zero-order chi connectivity index (χ0) is 34.8. The Kier molecular flexibility index (Phi) is 13.6. The lowest BCUT2D eigenvalue weighted by atomic mass is 10.0. The number of nitrogens with one attached hydrogen (secondary N) is 1. The van der Waals surface area contributed by atoms with Gasteiger partial charge in [0, 0.05) is 43.5 Å². The van der Waals surface area contributed by atoms with Crippen LogP contribution in [-0.2, 0) is 39.1 Å². The maximum atomic E-state index is 13.8. The molecule has 15 heteroatoms. The first kappa shape index (κ1) is 38.2. The number of sulfonamides is 1. The Labute approximate surface area is 281 Å². The van der Waals surface area contributed by atoms with Crippen LogP contribution >= 0.6 is 12.1 Å². The number of rotatable bonds is 19. The average Bonchev–Trinajstić information content (AvgIpc) is 3.45. The van der Waals surface area contributed by atoms with E-state index >= 15 is 0 Å². The number of aryl methyl sites for hydroxylation is 1. The van der Waals surface area contributed by atoms with Gasteiger partial charge in [-0.1, -0.05) is 31.2 Å². The van der Waals surface area contributed by atoms with Crippen molar-refractivity contribution in [3.05, 3.63) is 66.0 Å². The van der Waals surface area contributed by atoms with E-state index in [0.29, 0.717) is 48.8 Å². The van der Waals surface area contributed by atoms with Crippen LogP contribution in [0.3, 0.4) is 0 Å². The Morgan fingerprint density at radius 1 is 1.06 bits per heavy atom. The summed E-state index contributed by atoms with van der Waals surface area (Å²) >= 11 is 0.267. The molecule has 0 saturated carbocycles. The van der Waals surface area contributed by atoms with Crippen LogP contribution in [-0.4, -0.2) is 75.5 Å². The quantitative estimate of drug-likeness (QED) is 0.127. The minimum atomic E-state index is -4.17. The molecule has 0 fully saturated rings. The summed E-state index contributed by atoms with van der Waals surface area (Å²) in [6.45, 7) is 12.0. The van der Waals surface area contributed by atoms with Crippen LogP contribution in [0.4, 0.5) is 3.89 Å². The zero-order valence-electron chi connectivity index (χ0n) is 28.0. The molecule has 1 amide bonds. The van der Waals surface area contributed by atoms with Crippen molar-refractivity contribution in [1.29, 1.82) is 0 Å². The van der Waals surface area contributed by atoms with Crippen molar-refractivity contribution in [2.45, 2.75) is 89.6 Å². The Bertz CT molecular complexity index is 1530. The molecule has 0 aliphatic rings. The summed E-state index contributed by atoms with van der Waals surface area (Å²) in [4.78, 5) is 12.7. The van der Waals surface area contributed by atoms with Crippen LogP contribution in [0.25, 0.3) is 0 Å². The number of carbonyl (C=O) groups is 1. The van der Waals surface area contributed by atoms with Crippen molar-refractivity contribution < 1.29 is 36.5 Å². The zero-order valence-corrected chi connectivity index (χ0v) is 29.6. The number of hydrogen-bond acceptors (Lipinski definition) is 10. The Hall–Kier alpha value is -3.24. The minimum Gasteiger partial charge on any atom is -0.497 e. The number of methoxy groups -OCH3 is 1. The van der Waals surface area contributed by atoms with Gasteiger partial charge in [0.05, 0.1) is 36.5 Å². The summed E-state index contributed by atoms with van der Waals surface area (Å²) < 4.78 is 60.3. The van der Waals surface area contributed by atoms with Crippen molar-refractivity contribution in [3.8, 4) is 11.5 Å². The van der Waals surface area contributed by atoms with E-state index < -0.39 is 39.1 Å². The van der Waals surface area contributed by atoms with Crippen molar-refractivity contribution in [2.24, 2.45) is 5.92 Å². The fourth-order valence-electron chi connectivity index (χ4n) is 4.98. The maximum Gasteiger partial charge on any atom is 0.262 e. The molecule has 47 heavy (non-hydrogen) atoms. The predicted molar refractivity (Wildman–Crippen MR) is 177 cm³/mol. The molecule has 2 N–H and O–H groups in total. The number of amides is 1. The van der Waals surface area contributed by atoms with Crippen molar-refractivity contribution in [3.63, 3.8) is 0 Å². The Morgan fingerprint density at radius 3 is 2.28 bits per heavy atom. The summed E-state index contributed by atoms with van der Waals surface area (Å²) in [7, 11) is -2.69. The standard InChI is InChI=1S/C32H46FN5O7S2/c1-23(2)29(30(39)35-40)38(47(41,42)28-14-12-26(43-7)13-15-28)21-24-8-10-27(11-9-24)45-31(3,4)16-18-44-32(5,6)20-25-22-37(36-34-25)17-19-46-33/h8-15,22-23,29,40H,16-21H2,1-7H3,(H,35,39)/t29-/m1/s1. The first-order valence-corrected chi connectivity index (χ1v) is 17.6. The second kappa shape index (κ2) is 16.7. The molecule has 0 saturated heterocycles. The van der Waals surface area contributed by atoms with E-state index in [9.17, 15) is 22.3 Å². The van der Waals surface area contributed by atoms with E-state index in [2.05, 4.69) is 10.3 Å². The normalized spacial score (nSPS) is 13.2. The molecule has 1 heterocycles. The summed E-state index contributed by atoms with van der Waals surface area (Å²) in [5.74, 6) is 0.103. The van der Waals surface area contributed by atoms with Crippen molar-refractivity contribution >= 4 is 28.1 Å². The van der Waals surface area contributed by atoms with Gasteiger partial charge in [-0.05, 0) is 75.6 Å². The lowest BCUT2D eigenvalue weighted by molar-refractivity contribution is -0.134. The second-order valence-electron chi connectivity index (χ2n) is 12.7. The molecular weight excluding hydrogens is 650 g/mol. The van der Waals surface area contributed by atoms with Crippen molar-refractivity contribution in [1.82, 2.24) is 24.8 Å². The first-order valence-electron chi connectivity index (χ1n) is 15.2. The topological polar surface area (TPSA) is 145 Å². The highest BCUT2D eigenvalue weighted by Gasteiger charge is 2.38. The van der Waals surface area contributed by atoms with Gasteiger partial charge in [0.2, 0.25) is 10.0 Å². The molecule has 0 unspecified atom stereocenters. The number of hydrogen-bond donors (Lipinski definition) is 2. The third-order valence-electron chi connectivity index (χ3n) is 7.43. The minimum absolute atomic E-state index is 0.0131. The number of hydroxylamine groups is 1. The van der Waals surface area contributed by atoms with E-state index in [-0.39, 0.29) is 23.6 Å². The van der Waals surface area contributed by atoms with Gasteiger partial charge < -0.3 is 14.2 Å². The fourth-order valence-corrected chi connectivity index (χ4v) is 6.94. The van der Waals surface area contributed by atoms with Crippen LogP contribution in [0.1, 0.15) is 59.2 Å².